The molecule has 0 aliphatic rings. The van der Waals surface area contributed by atoms with Gasteiger partial charge < -0.3 is 9.01 Å². The predicted molar refractivity (Wildman–Crippen MR) is 48.3 cm³/mol. The van der Waals surface area contributed by atoms with Crippen LogP contribution in [0.2, 0.25) is 0 Å². The van der Waals surface area contributed by atoms with Crippen LogP contribution < -0.4 is 0 Å². The van der Waals surface area contributed by atoms with Crippen LogP contribution >= 0.6 is 7.37 Å². The largest absolute Gasteiger partial charge is 0.329 e. The van der Waals surface area contributed by atoms with Crippen molar-refractivity contribution < 1.29 is 13.6 Å². The third-order valence-corrected chi connectivity index (χ3v) is 1.97. The molecule has 0 rings (SSSR count). The lowest BCUT2D eigenvalue weighted by Gasteiger charge is -2.23. The van der Waals surface area contributed by atoms with Crippen LogP contribution in [0, 0.1) is 0 Å². The topological polar surface area (TPSA) is 26.3 Å². The summed E-state index contributed by atoms with van der Waals surface area (Å²) in [6.45, 7) is 4.75. The fourth-order valence-corrected chi connectivity index (χ4v) is 1.06. The molecule has 0 saturated carbocycles. The van der Waals surface area contributed by atoms with Crippen molar-refractivity contribution >= 4 is 7.37 Å². The Morgan fingerprint density at radius 3 is 2.00 bits per heavy atom. The number of nitrogens with zero attached hydrogens (tertiary/aromatic N) is 1. The average Bonchev–Trinajstić information content (AvgIpc) is 1.55. The minimum absolute atomic E-state index is 0.577. The van der Waals surface area contributed by atoms with Crippen LogP contribution in [0.4, 0.5) is 0 Å². The monoisotopic (exact) mass is 180 g/mol. The van der Waals surface area contributed by atoms with Crippen molar-refractivity contribution in [3.63, 3.8) is 0 Å². The van der Waals surface area contributed by atoms with Crippen LogP contribution in [0.25, 0.3) is 0 Å². The summed E-state index contributed by atoms with van der Waals surface area (Å²) in [5.74, 6) is 0. The molecule has 0 spiro atoms. The first-order valence-electron chi connectivity index (χ1n) is 3.71. The summed E-state index contributed by atoms with van der Waals surface area (Å²) in [4.78, 5) is 0. The Kier molecular flexibility index (Phi) is 3.75. The van der Waals surface area contributed by atoms with E-state index >= 15 is 0 Å². The predicted octanol–water partition coefficient (Wildman–Crippen LogP) is 1.25. The van der Waals surface area contributed by atoms with E-state index in [4.69, 9.17) is 4.52 Å². The molecule has 3 nitrogen and oxygen atoms in total. The number of rotatable bonds is 4. The smallest absolute Gasteiger partial charge is 0.197 e. The molecule has 0 radical (unpaired) electrons. The second kappa shape index (κ2) is 3.70. The zero-order chi connectivity index (χ0) is 9.12. The minimum atomic E-state index is -2.26. The Balaban J connectivity index is 3.52. The van der Waals surface area contributed by atoms with Gasteiger partial charge in [0, 0.05) is 13.3 Å². The fourth-order valence-electron chi connectivity index (χ4n) is 0.535. The maximum atomic E-state index is 11.1. The molecule has 0 fully saturated rings. The standard InChI is InChI=1S/C7H19NO2P/c1-8(2,3)6-7-10-11(4,5)9/h6-7H2,1-5H3/q+1. The second-order valence-electron chi connectivity index (χ2n) is 4.10. The van der Waals surface area contributed by atoms with Crippen LogP contribution in [0.5, 0.6) is 0 Å². The van der Waals surface area contributed by atoms with Crippen LogP contribution in [0.3, 0.4) is 0 Å². The Morgan fingerprint density at radius 2 is 1.73 bits per heavy atom. The van der Waals surface area contributed by atoms with Gasteiger partial charge in [0.15, 0.2) is 7.37 Å². The number of likely N-dealkylation sites (N-methyl/N-ethyl adjacent to an activating group) is 1. The highest BCUT2D eigenvalue weighted by molar-refractivity contribution is 7.57. The van der Waals surface area contributed by atoms with E-state index in [1.807, 2.05) is 0 Å². The zero-order valence-corrected chi connectivity index (χ0v) is 9.02. The summed E-state index contributed by atoms with van der Waals surface area (Å²) in [7, 11) is 3.99. The third kappa shape index (κ3) is 10.2. The van der Waals surface area contributed by atoms with Crippen molar-refractivity contribution in [2.75, 3.05) is 47.6 Å². The van der Waals surface area contributed by atoms with Crippen molar-refractivity contribution in [2.45, 2.75) is 0 Å². The first kappa shape index (κ1) is 11.2. The summed E-state index contributed by atoms with van der Waals surface area (Å²) in [5.41, 5.74) is 0. The molecule has 0 aromatic heterocycles. The van der Waals surface area contributed by atoms with Crippen molar-refractivity contribution in [1.82, 2.24) is 0 Å². The molecule has 0 aromatic rings. The molecule has 68 valence electrons. The van der Waals surface area contributed by atoms with Gasteiger partial charge in [-0.1, -0.05) is 0 Å². The van der Waals surface area contributed by atoms with Gasteiger partial charge >= 0.3 is 0 Å². The summed E-state index contributed by atoms with van der Waals surface area (Å²) < 4.78 is 17.1. The number of hydrogen-bond acceptors (Lipinski definition) is 2. The van der Waals surface area contributed by atoms with E-state index in [0.29, 0.717) is 6.61 Å². The Morgan fingerprint density at radius 1 is 1.27 bits per heavy atom. The van der Waals surface area contributed by atoms with Crippen molar-refractivity contribution in [1.29, 1.82) is 0 Å². The van der Waals surface area contributed by atoms with Crippen LogP contribution in [-0.4, -0.2) is 52.1 Å². The Labute approximate surface area is 69.4 Å². The molecule has 0 aromatic carbocycles. The molecule has 11 heavy (non-hydrogen) atoms. The SMILES string of the molecule is C[N+](C)(C)CCOP(C)(C)=O. The molecular formula is C7H19NO2P+. The molecule has 0 heterocycles. The quantitative estimate of drug-likeness (QED) is 0.480. The van der Waals surface area contributed by atoms with Crippen molar-refractivity contribution in [3.8, 4) is 0 Å². The van der Waals surface area contributed by atoms with Gasteiger partial charge in [-0.15, -0.1) is 0 Å². The van der Waals surface area contributed by atoms with Crippen LogP contribution in [-0.2, 0) is 9.09 Å². The van der Waals surface area contributed by atoms with Crippen LogP contribution in [0.15, 0.2) is 0 Å². The highest BCUT2D eigenvalue weighted by Gasteiger charge is 2.11. The molecule has 0 amide bonds. The van der Waals surface area contributed by atoms with Gasteiger partial charge in [0.05, 0.1) is 21.1 Å². The molecule has 0 unspecified atom stereocenters. The normalized spacial score (nSPS) is 13.5. The summed E-state index contributed by atoms with van der Waals surface area (Å²) in [6.07, 6.45) is 0. The van der Waals surface area contributed by atoms with E-state index in [1.165, 1.54) is 0 Å². The van der Waals surface area contributed by atoms with E-state index in [-0.39, 0.29) is 0 Å². The van der Waals surface area contributed by atoms with Gasteiger partial charge in [0.1, 0.15) is 13.2 Å². The molecule has 0 N–H and O–H groups in total. The second-order valence-corrected chi connectivity index (χ2v) is 6.86. The van der Waals surface area contributed by atoms with Crippen molar-refractivity contribution in [2.24, 2.45) is 0 Å². The van der Waals surface area contributed by atoms with Crippen molar-refractivity contribution in [3.05, 3.63) is 0 Å². The first-order chi connectivity index (χ1) is 4.71. The van der Waals surface area contributed by atoms with Gasteiger partial charge in [0.2, 0.25) is 0 Å². The molecule has 0 aliphatic carbocycles. The Hall–Kier alpha value is 0.150. The maximum Gasteiger partial charge on any atom is 0.197 e. The molecule has 0 atom stereocenters. The van der Waals surface area contributed by atoms with Gasteiger partial charge in [-0.3, -0.25) is 4.57 Å². The molecule has 0 bridgehead atoms. The highest BCUT2D eigenvalue weighted by atomic mass is 31.2. The fraction of sp³-hybridized carbons (Fsp3) is 1.00. The summed E-state index contributed by atoms with van der Waals surface area (Å²) >= 11 is 0. The average molecular weight is 180 g/mol. The zero-order valence-electron chi connectivity index (χ0n) is 8.13. The van der Waals surface area contributed by atoms with E-state index in [1.54, 1.807) is 13.3 Å². The highest BCUT2D eigenvalue weighted by Crippen LogP contribution is 2.36. The lowest BCUT2D eigenvalue weighted by molar-refractivity contribution is -0.870. The summed E-state index contributed by atoms with van der Waals surface area (Å²) in [5, 5.41) is 0. The first-order valence-corrected chi connectivity index (χ1v) is 6.23. The molecule has 0 aliphatic heterocycles. The van der Waals surface area contributed by atoms with E-state index in [9.17, 15) is 4.57 Å². The van der Waals surface area contributed by atoms with E-state index < -0.39 is 7.37 Å². The lowest BCUT2D eigenvalue weighted by atomic mass is 10.5. The number of quaternary nitrogens is 1. The van der Waals surface area contributed by atoms with Gasteiger partial charge in [-0.2, -0.15) is 0 Å². The lowest BCUT2D eigenvalue weighted by Crippen LogP contribution is -2.37. The third-order valence-electron chi connectivity index (χ3n) is 1.16. The van der Waals surface area contributed by atoms with Gasteiger partial charge in [-0.25, -0.2) is 0 Å². The van der Waals surface area contributed by atoms with Crippen LogP contribution in [0.1, 0.15) is 0 Å². The number of hydrogen-bond donors (Lipinski definition) is 0. The minimum Gasteiger partial charge on any atom is -0.329 e. The Bertz CT molecular complexity index is 156. The summed E-state index contributed by atoms with van der Waals surface area (Å²) in [6, 6.07) is 0. The maximum absolute atomic E-state index is 11.1. The van der Waals surface area contributed by atoms with Gasteiger partial charge in [-0.05, 0) is 0 Å². The van der Waals surface area contributed by atoms with E-state index in [2.05, 4.69) is 21.1 Å². The molecule has 4 heteroatoms. The molecular weight excluding hydrogens is 161 g/mol. The van der Waals surface area contributed by atoms with E-state index in [0.717, 1.165) is 11.0 Å². The molecule has 0 saturated heterocycles. The van der Waals surface area contributed by atoms with Gasteiger partial charge in [0.25, 0.3) is 0 Å².